The molecular weight excluding hydrogens is 352 g/mol. The SMILES string of the molecule is COc1cc(CBr)cc(Cl)c1OCc1cc(C)cc(C)c1. The Morgan fingerprint density at radius 1 is 1.00 bits per heavy atom. The van der Waals surface area contributed by atoms with Crippen LogP contribution in [0.25, 0.3) is 0 Å². The normalized spacial score (nSPS) is 10.5. The Balaban J connectivity index is 2.23. The summed E-state index contributed by atoms with van der Waals surface area (Å²) in [4.78, 5) is 0. The van der Waals surface area contributed by atoms with Crippen LogP contribution in [-0.2, 0) is 11.9 Å². The highest BCUT2D eigenvalue weighted by Gasteiger charge is 2.12. The van der Waals surface area contributed by atoms with E-state index < -0.39 is 0 Å². The molecule has 112 valence electrons. The zero-order chi connectivity index (χ0) is 15.4. The first-order valence-corrected chi connectivity index (χ1v) is 8.15. The van der Waals surface area contributed by atoms with Gasteiger partial charge in [0.15, 0.2) is 11.5 Å². The highest BCUT2D eigenvalue weighted by atomic mass is 79.9. The largest absolute Gasteiger partial charge is 0.493 e. The van der Waals surface area contributed by atoms with Gasteiger partial charge in [-0.2, -0.15) is 0 Å². The van der Waals surface area contributed by atoms with E-state index in [1.165, 1.54) is 11.1 Å². The van der Waals surface area contributed by atoms with Crippen LogP contribution in [-0.4, -0.2) is 7.11 Å². The van der Waals surface area contributed by atoms with Crippen LogP contribution in [0.15, 0.2) is 30.3 Å². The van der Waals surface area contributed by atoms with Gasteiger partial charge in [-0.25, -0.2) is 0 Å². The third kappa shape index (κ3) is 4.14. The second-order valence-corrected chi connectivity index (χ2v) is 6.00. The first kappa shape index (κ1) is 16.2. The number of methoxy groups -OCH3 is 1. The minimum atomic E-state index is 0.465. The van der Waals surface area contributed by atoms with Crippen LogP contribution in [0.5, 0.6) is 11.5 Å². The van der Waals surface area contributed by atoms with Crippen LogP contribution in [0.1, 0.15) is 22.3 Å². The second-order valence-electron chi connectivity index (χ2n) is 5.03. The number of hydrogen-bond donors (Lipinski definition) is 0. The summed E-state index contributed by atoms with van der Waals surface area (Å²) < 4.78 is 11.3. The molecule has 0 heterocycles. The number of ether oxygens (including phenoxy) is 2. The van der Waals surface area contributed by atoms with Gasteiger partial charge in [0.2, 0.25) is 0 Å². The van der Waals surface area contributed by atoms with E-state index >= 15 is 0 Å². The van der Waals surface area contributed by atoms with E-state index in [2.05, 4.69) is 48.0 Å². The van der Waals surface area contributed by atoms with Crippen molar-refractivity contribution in [2.75, 3.05) is 7.11 Å². The molecule has 0 saturated heterocycles. The molecule has 0 aliphatic carbocycles. The predicted octanol–water partition coefficient (Wildman–Crippen LogP) is 5.44. The molecule has 0 saturated carbocycles. The average molecular weight is 370 g/mol. The van der Waals surface area contributed by atoms with Crippen molar-refractivity contribution in [1.29, 1.82) is 0 Å². The first-order chi connectivity index (χ1) is 10.0. The van der Waals surface area contributed by atoms with Gasteiger partial charge in [-0.15, -0.1) is 0 Å². The van der Waals surface area contributed by atoms with Crippen LogP contribution >= 0.6 is 27.5 Å². The van der Waals surface area contributed by atoms with Crippen molar-refractivity contribution in [3.63, 3.8) is 0 Å². The molecule has 0 atom stereocenters. The average Bonchev–Trinajstić information content (AvgIpc) is 2.44. The number of alkyl halides is 1. The van der Waals surface area contributed by atoms with Gasteiger partial charge in [-0.3, -0.25) is 0 Å². The Morgan fingerprint density at radius 3 is 2.24 bits per heavy atom. The summed E-state index contributed by atoms with van der Waals surface area (Å²) in [6.45, 7) is 4.62. The van der Waals surface area contributed by atoms with E-state index in [-0.39, 0.29) is 0 Å². The molecular formula is C17H18BrClO2. The van der Waals surface area contributed by atoms with Crippen molar-refractivity contribution in [3.05, 3.63) is 57.6 Å². The van der Waals surface area contributed by atoms with E-state index in [4.69, 9.17) is 21.1 Å². The van der Waals surface area contributed by atoms with Crippen molar-refractivity contribution in [2.45, 2.75) is 25.8 Å². The van der Waals surface area contributed by atoms with E-state index in [1.807, 2.05) is 12.1 Å². The van der Waals surface area contributed by atoms with E-state index in [9.17, 15) is 0 Å². The molecule has 0 aliphatic rings. The zero-order valence-corrected chi connectivity index (χ0v) is 14.7. The van der Waals surface area contributed by atoms with E-state index in [0.29, 0.717) is 23.1 Å². The Morgan fingerprint density at radius 2 is 1.67 bits per heavy atom. The first-order valence-electron chi connectivity index (χ1n) is 6.66. The molecule has 0 aromatic heterocycles. The number of halogens is 2. The maximum absolute atomic E-state index is 6.30. The highest BCUT2D eigenvalue weighted by Crippen LogP contribution is 2.37. The molecule has 0 radical (unpaired) electrons. The van der Waals surface area contributed by atoms with Crippen molar-refractivity contribution in [1.82, 2.24) is 0 Å². The predicted molar refractivity (Wildman–Crippen MR) is 90.9 cm³/mol. The lowest BCUT2D eigenvalue weighted by molar-refractivity contribution is 0.284. The van der Waals surface area contributed by atoms with Gasteiger partial charge >= 0.3 is 0 Å². The molecule has 4 heteroatoms. The summed E-state index contributed by atoms with van der Waals surface area (Å²) in [5.41, 5.74) is 4.62. The van der Waals surface area contributed by atoms with Gasteiger partial charge in [0.25, 0.3) is 0 Å². The zero-order valence-electron chi connectivity index (χ0n) is 12.4. The third-order valence-corrected chi connectivity index (χ3v) is 4.04. The maximum Gasteiger partial charge on any atom is 0.180 e. The van der Waals surface area contributed by atoms with Gasteiger partial charge in [0, 0.05) is 5.33 Å². The van der Waals surface area contributed by atoms with Gasteiger partial charge in [0.05, 0.1) is 12.1 Å². The number of rotatable bonds is 5. The van der Waals surface area contributed by atoms with Crippen LogP contribution in [0.3, 0.4) is 0 Å². The molecule has 0 amide bonds. The second kappa shape index (κ2) is 7.19. The molecule has 0 bridgehead atoms. The third-order valence-electron chi connectivity index (χ3n) is 3.11. The topological polar surface area (TPSA) is 18.5 Å². The summed E-state index contributed by atoms with van der Waals surface area (Å²) in [6.07, 6.45) is 0. The minimum absolute atomic E-state index is 0.465. The number of aryl methyl sites for hydroxylation is 2. The van der Waals surface area contributed by atoms with Gasteiger partial charge in [0.1, 0.15) is 6.61 Å². The Kier molecular flexibility index (Phi) is 5.54. The molecule has 0 fully saturated rings. The summed E-state index contributed by atoms with van der Waals surface area (Å²) in [5, 5.41) is 1.29. The van der Waals surface area contributed by atoms with Crippen molar-refractivity contribution in [2.24, 2.45) is 0 Å². The lowest BCUT2D eigenvalue weighted by atomic mass is 10.1. The molecule has 21 heavy (non-hydrogen) atoms. The monoisotopic (exact) mass is 368 g/mol. The molecule has 0 spiro atoms. The fourth-order valence-corrected chi connectivity index (χ4v) is 2.91. The van der Waals surface area contributed by atoms with Crippen LogP contribution < -0.4 is 9.47 Å². The van der Waals surface area contributed by atoms with Crippen molar-refractivity contribution in [3.8, 4) is 11.5 Å². The fraction of sp³-hybridized carbons (Fsp3) is 0.294. The van der Waals surface area contributed by atoms with E-state index in [1.54, 1.807) is 7.11 Å². The molecule has 0 N–H and O–H groups in total. The number of benzene rings is 2. The van der Waals surface area contributed by atoms with Gasteiger partial charge < -0.3 is 9.47 Å². The Bertz CT molecular complexity index is 621. The van der Waals surface area contributed by atoms with Gasteiger partial charge in [-0.1, -0.05) is 56.9 Å². The molecule has 0 unspecified atom stereocenters. The smallest absolute Gasteiger partial charge is 0.180 e. The lowest BCUT2D eigenvalue weighted by Crippen LogP contribution is -2.00. The van der Waals surface area contributed by atoms with Crippen molar-refractivity contribution < 1.29 is 9.47 Å². The summed E-state index contributed by atoms with van der Waals surface area (Å²) in [6, 6.07) is 10.2. The maximum atomic E-state index is 6.30. The Hall–Kier alpha value is -1.19. The van der Waals surface area contributed by atoms with E-state index in [0.717, 1.165) is 16.5 Å². The lowest BCUT2D eigenvalue weighted by Gasteiger charge is -2.14. The standard InChI is InChI=1S/C17H18BrClO2/c1-11-4-12(2)6-14(5-11)10-21-17-15(19)7-13(9-18)8-16(17)20-3/h4-8H,9-10H2,1-3H3. The fourth-order valence-electron chi connectivity index (χ4n) is 2.30. The van der Waals surface area contributed by atoms with Gasteiger partial charge in [-0.05, 0) is 37.1 Å². The minimum Gasteiger partial charge on any atom is -0.493 e. The number of hydrogen-bond acceptors (Lipinski definition) is 2. The summed E-state index contributed by atoms with van der Waals surface area (Å²) in [5.74, 6) is 1.24. The Labute approximate surface area is 139 Å². The van der Waals surface area contributed by atoms with Crippen LogP contribution in [0, 0.1) is 13.8 Å². The highest BCUT2D eigenvalue weighted by molar-refractivity contribution is 9.08. The summed E-state index contributed by atoms with van der Waals surface area (Å²) >= 11 is 9.71. The molecule has 2 aromatic rings. The molecule has 2 aromatic carbocycles. The molecule has 2 nitrogen and oxygen atoms in total. The van der Waals surface area contributed by atoms with Crippen LogP contribution in [0.2, 0.25) is 5.02 Å². The quantitative estimate of drug-likeness (QED) is 0.653. The van der Waals surface area contributed by atoms with Crippen LogP contribution in [0.4, 0.5) is 0 Å². The van der Waals surface area contributed by atoms with Crippen molar-refractivity contribution >= 4 is 27.5 Å². The molecule has 2 rings (SSSR count). The molecule has 0 aliphatic heterocycles. The summed E-state index contributed by atoms with van der Waals surface area (Å²) in [7, 11) is 1.62.